The van der Waals surface area contributed by atoms with E-state index in [0.29, 0.717) is 0 Å². The summed E-state index contributed by atoms with van der Waals surface area (Å²) in [4.78, 5) is 5.00. The summed E-state index contributed by atoms with van der Waals surface area (Å²) in [5.41, 5.74) is 21.7. The average molecular weight is 873 g/mol. The van der Waals surface area contributed by atoms with Gasteiger partial charge in [0, 0.05) is 48.2 Å². The molecule has 0 radical (unpaired) electrons. The standard InChI is InChI=1S/C64H44N2S/c1-63(2)52-24-10-6-21-46(52)48-35-33-43(39-56(48)63)65(58-28-14-8-20-45(58)41-32-37-62-51(38-41)50-23-9-17-31-61(50)67-62)44-34-36-49-47-22-7-11-25-53(47)64(57(49)40-44)54-26-12-15-29-59(54)66(42-18-4-3-5-19-42)60-30-16-13-27-55(60)64/h3-40H,1-2H3. The van der Waals surface area contributed by atoms with Gasteiger partial charge in [-0.15, -0.1) is 11.3 Å². The normalized spacial score (nSPS) is 14.3. The van der Waals surface area contributed by atoms with E-state index in [2.05, 4.69) is 254 Å². The monoisotopic (exact) mass is 872 g/mol. The maximum Gasteiger partial charge on any atom is 0.0755 e. The van der Waals surface area contributed by atoms with E-state index < -0.39 is 5.41 Å². The highest BCUT2D eigenvalue weighted by Crippen LogP contribution is 2.64. The minimum Gasteiger partial charge on any atom is -0.310 e. The van der Waals surface area contributed by atoms with Crippen LogP contribution in [0.5, 0.6) is 0 Å². The van der Waals surface area contributed by atoms with Crippen molar-refractivity contribution in [2.24, 2.45) is 0 Å². The van der Waals surface area contributed by atoms with Gasteiger partial charge in [0.15, 0.2) is 0 Å². The maximum absolute atomic E-state index is 2.54. The van der Waals surface area contributed by atoms with Crippen molar-refractivity contribution in [2.45, 2.75) is 24.7 Å². The molecule has 2 nitrogen and oxygen atoms in total. The second kappa shape index (κ2) is 14.3. The fraction of sp³-hybridized carbons (Fsp3) is 0.0625. The Morgan fingerprint density at radius 1 is 0.373 bits per heavy atom. The number of benzene rings is 10. The van der Waals surface area contributed by atoms with Gasteiger partial charge in [-0.1, -0.05) is 172 Å². The minimum absolute atomic E-state index is 0.165. The zero-order chi connectivity index (χ0) is 44.4. The van der Waals surface area contributed by atoms with Crippen LogP contribution in [0, 0.1) is 0 Å². The summed E-state index contributed by atoms with van der Waals surface area (Å²) in [6, 6.07) is 86.5. The molecule has 2 aliphatic carbocycles. The Kier molecular flexibility index (Phi) is 8.15. The van der Waals surface area contributed by atoms with Crippen LogP contribution in [0.2, 0.25) is 0 Å². The molecule has 0 N–H and O–H groups in total. The van der Waals surface area contributed by atoms with Crippen molar-refractivity contribution >= 4 is 65.6 Å². The quantitative estimate of drug-likeness (QED) is 0.170. The van der Waals surface area contributed by atoms with Gasteiger partial charge in [0.25, 0.3) is 0 Å². The van der Waals surface area contributed by atoms with Gasteiger partial charge in [0.1, 0.15) is 0 Å². The summed E-state index contributed by atoms with van der Waals surface area (Å²) < 4.78 is 2.62. The summed E-state index contributed by atoms with van der Waals surface area (Å²) in [6.07, 6.45) is 0. The Labute approximate surface area is 395 Å². The highest BCUT2D eigenvalue weighted by molar-refractivity contribution is 7.25. The number of thiophene rings is 1. The highest BCUT2D eigenvalue weighted by atomic mass is 32.1. The summed E-state index contributed by atoms with van der Waals surface area (Å²) in [5.74, 6) is 0. The van der Waals surface area contributed by atoms with Crippen molar-refractivity contribution in [3.63, 3.8) is 0 Å². The van der Waals surface area contributed by atoms with Crippen LogP contribution in [-0.4, -0.2) is 0 Å². The molecule has 11 aromatic rings. The molecule has 0 atom stereocenters. The van der Waals surface area contributed by atoms with Crippen molar-refractivity contribution in [1.82, 2.24) is 0 Å². The van der Waals surface area contributed by atoms with Gasteiger partial charge in [-0.05, 0) is 134 Å². The number of rotatable bonds is 5. The Hall–Kier alpha value is -7.98. The summed E-state index contributed by atoms with van der Waals surface area (Å²) in [7, 11) is 0. The van der Waals surface area contributed by atoms with E-state index >= 15 is 0 Å². The van der Waals surface area contributed by atoms with Crippen LogP contribution >= 0.6 is 11.3 Å². The number of nitrogens with zero attached hydrogens (tertiary/aromatic N) is 2. The fourth-order valence-electron chi connectivity index (χ4n) is 12.2. The van der Waals surface area contributed by atoms with E-state index in [1.807, 2.05) is 11.3 Å². The average Bonchev–Trinajstić information content (AvgIpc) is 3.98. The van der Waals surface area contributed by atoms with Crippen molar-refractivity contribution in [3.05, 3.63) is 264 Å². The molecule has 0 bridgehead atoms. The van der Waals surface area contributed by atoms with Gasteiger partial charge in [0.05, 0.1) is 22.5 Å². The van der Waals surface area contributed by atoms with E-state index in [9.17, 15) is 0 Å². The molecule has 0 saturated heterocycles. The number of hydrogen-bond donors (Lipinski definition) is 0. The number of fused-ring (bicyclic) bond motifs is 15. The first-order valence-corrected chi connectivity index (χ1v) is 24.2. The lowest BCUT2D eigenvalue weighted by Crippen LogP contribution is -2.36. The number of anilines is 6. The maximum atomic E-state index is 2.54. The van der Waals surface area contributed by atoms with Gasteiger partial charge in [-0.25, -0.2) is 0 Å². The third-order valence-electron chi connectivity index (χ3n) is 15.1. The van der Waals surface area contributed by atoms with Crippen LogP contribution < -0.4 is 9.80 Å². The lowest BCUT2D eigenvalue weighted by atomic mass is 9.64. The van der Waals surface area contributed by atoms with Crippen LogP contribution in [0.4, 0.5) is 34.1 Å². The van der Waals surface area contributed by atoms with Gasteiger partial charge >= 0.3 is 0 Å². The second-order valence-electron chi connectivity index (χ2n) is 18.8. The van der Waals surface area contributed by atoms with Gasteiger partial charge < -0.3 is 9.80 Å². The van der Waals surface area contributed by atoms with Crippen molar-refractivity contribution in [1.29, 1.82) is 0 Å². The van der Waals surface area contributed by atoms with E-state index in [-0.39, 0.29) is 5.41 Å². The van der Waals surface area contributed by atoms with E-state index in [1.165, 1.54) is 98.3 Å². The van der Waals surface area contributed by atoms with Crippen molar-refractivity contribution in [3.8, 4) is 33.4 Å². The molecule has 3 aliphatic rings. The van der Waals surface area contributed by atoms with Gasteiger partial charge in [-0.2, -0.15) is 0 Å². The lowest BCUT2D eigenvalue weighted by molar-refractivity contribution is 0.660. The molecule has 0 saturated carbocycles. The molecule has 1 spiro atoms. The van der Waals surface area contributed by atoms with E-state index in [0.717, 1.165) is 22.7 Å². The minimum atomic E-state index is -0.585. The predicted molar refractivity (Wildman–Crippen MR) is 283 cm³/mol. The van der Waals surface area contributed by atoms with Crippen molar-refractivity contribution < 1.29 is 0 Å². The number of para-hydroxylation sites is 4. The first-order chi connectivity index (χ1) is 33.0. The first-order valence-electron chi connectivity index (χ1n) is 23.3. The molecule has 3 heteroatoms. The smallest absolute Gasteiger partial charge is 0.0755 e. The zero-order valence-corrected chi connectivity index (χ0v) is 38.1. The van der Waals surface area contributed by atoms with Gasteiger partial charge in [-0.3, -0.25) is 0 Å². The Morgan fingerprint density at radius 3 is 1.63 bits per heavy atom. The van der Waals surface area contributed by atoms with E-state index in [1.54, 1.807) is 0 Å². The third-order valence-corrected chi connectivity index (χ3v) is 16.2. The molecule has 0 amide bonds. The topological polar surface area (TPSA) is 6.48 Å². The summed E-state index contributed by atoms with van der Waals surface area (Å²) >= 11 is 1.87. The Bertz CT molecular complexity index is 3770. The predicted octanol–water partition coefficient (Wildman–Crippen LogP) is 17.6. The molecule has 67 heavy (non-hydrogen) atoms. The van der Waals surface area contributed by atoms with Gasteiger partial charge in [0.2, 0.25) is 0 Å². The SMILES string of the molecule is CC1(C)c2ccccc2-c2ccc(N(c3ccc4c(c3)C3(c5ccccc5-4)c4ccccc4N(c4ccccc4)c4ccccc43)c3ccccc3-c3ccc4sc5ccccc5c4c3)cc21. The van der Waals surface area contributed by atoms with Crippen LogP contribution in [0.15, 0.2) is 231 Å². The number of hydrogen-bond acceptors (Lipinski definition) is 3. The molecule has 1 aliphatic heterocycles. The largest absolute Gasteiger partial charge is 0.310 e. The summed E-state index contributed by atoms with van der Waals surface area (Å²) in [5, 5.41) is 2.61. The Morgan fingerprint density at radius 2 is 0.896 bits per heavy atom. The molecule has 10 aromatic carbocycles. The molecule has 0 unspecified atom stereocenters. The van der Waals surface area contributed by atoms with Crippen LogP contribution in [-0.2, 0) is 10.8 Å². The third kappa shape index (κ3) is 5.32. The molecule has 1 aromatic heterocycles. The highest BCUT2D eigenvalue weighted by Gasteiger charge is 2.52. The molecule has 14 rings (SSSR count). The van der Waals surface area contributed by atoms with Crippen LogP contribution in [0.1, 0.15) is 47.2 Å². The molecule has 316 valence electrons. The summed E-state index contributed by atoms with van der Waals surface area (Å²) in [6.45, 7) is 4.76. The Balaban J connectivity index is 1.04. The molecular formula is C64H44N2S. The fourth-order valence-corrected chi connectivity index (χ4v) is 13.2. The van der Waals surface area contributed by atoms with Crippen LogP contribution in [0.25, 0.3) is 53.6 Å². The molecule has 0 fully saturated rings. The lowest BCUT2D eigenvalue weighted by Gasteiger charge is -2.45. The van der Waals surface area contributed by atoms with Crippen LogP contribution in [0.3, 0.4) is 0 Å². The molecular weight excluding hydrogens is 829 g/mol. The van der Waals surface area contributed by atoms with E-state index in [4.69, 9.17) is 0 Å². The second-order valence-corrected chi connectivity index (χ2v) is 19.9. The zero-order valence-electron chi connectivity index (χ0n) is 37.2. The molecule has 2 heterocycles. The first kappa shape index (κ1) is 38.3. The van der Waals surface area contributed by atoms with Crippen molar-refractivity contribution in [2.75, 3.05) is 9.80 Å².